The average molecular weight is 358 g/mol. The molecule has 3 heteroatoms. The number of fused-ring (bicyclic) bond motifs is 2. The number of rotatable bonds is 3. The number of para-hydroxylation sites is 1. The van der Waals surface area contributed by atoms with Gasteiger partial charge in [0.25, 0.3) is 0 Å². The normalized spacial score (nSPS) is 15.2. The highest BCUT2D eigenvalue weighted by Gasteiger charge is 2.20. The first-order chi connectivity index (χ1) is 10.7. The highest BCUT2D eigenvalue weighted by molar-refractivity contribution is 9.10. The van der Waals surface area contributed by atoms with Crippen molar-refractivity contribution in [1.82, 2.24) is 4.90 Å². The molecule has 1 aliphatic rings. The molecule has 0 aromatic heterocycles. The maximum absolute atomic E-state index is 6.07. The summed E-state index contributed by atoms with van der Waals surface area (Å²) in [4.78, 5) is 2.21. The summed E-state index contributed by atoms with van der Waals surface area (Å²) in [6.07, 6.45) is 3.35. The predicted octanol–water partition coefficient (Wildman–Crippen LogP) is 4.72. The third-order valence-corrected chi connectivity index (χ3v) is 4.49. The van der Waals surface area contributed by atoms with Gasteiger partial charge in [-0.3, -0.25) is 0 Å². The smallest absolute Gasteiger partial charge is 0.141 e. The van der Waals surface area contributed by atoms with Gasteiger partial charge in [0.05, 0.1) is 4.47 Å². The van der Waals surface area contributed by atoms with Gasteiger partial charge in [0.15, 0.2) is 0 Å². The fourth-order valence-corrected chi connectivity index (χ4v) is 3.24. The predicted molar refractivity (Wildman–Crippen MR) is 95.2 cm³/mol. The van der Waals surface area contributed by atoms with Crippen LogP contribution < -0.4 is 4.74 Å². The molecular formula is C19H20BrNO. The van der Waals surface area contributed by atoms with Gasteiger partial charge in [0.1, 0.15) is 12.4 Å². The zero-order chi connectivity index (χ0) is 15.5. The summed E-state index contributed by atoms with van der Waals surface area (Å²) in [5, 5.41) is 0. The molecule has 114 valence electrons. The maximum atomic E-state index is 6.07. The van der Waals surface area contributed by atoms with Crippen molar-refractivity contribution in [3.63, 3.8) is 0 Å². The summed E-state index contributed by atoms with van der Waals surface area (Å²) in [5.74, 6) is 0.940. The largest absolute Gasteiger partial charge is 0.487 e. The first-order valence-corrected chi connectivity index (χ1v) is 8.31. The van der Waals surface area contributed by atoms with E-state index in [-0.39, 0.29) is 0 Å². The molecule has 0 spiro atoms. The van der Waals surface area contributed by atoms with E-state index in [4.69, 9.17) is 4.74 Å². The first-order valence-electron chi connectivity index (χ1n) is 7.51. The number of benzene rings is 2. The lowest BCUT2D eigenvalue weighted by atomic mass is 9.93. The van der Waals surface area contributed by atoms with Crippen LogP contribution in [0.5, 0.6) is 5.75 Å². The zero-order valence-corrected chi connectivity index (χ0v) is 14.6. The van der Waals surface area contributed by atoms with Gasteiger partial charge >= 0.3 is 0 Å². The molecule has 0 saturated carbocycles. The van der Waals surface area contributed by atoms with Gasteiger partial charge in [-0.2, -0.15) is 0 Å². The molecule has 22 heavy (non-hydrogen) atoms. The first kappa shape index (κ1) is 15.3. The van der Waals surface area contributed by atoms with Gasteiger partial charge < -0.3 is 9.64 Å². The second-order valence-corrected chi connectivity index (χ2v) is 6.63. The molecule has 0 atom stereocenters. The van der Waals surface area contributed by atoms with Crippen molar-refractivity contribution in [3.8, 4) is 5.75 Å². The van der Waals surface area contributed by atoms with Crippen LogP contribution in [0.3, 0.4) is 0 Å². The molecule has 3 rings (SSSR count). The van der Waals surface area contributed by atoms with Crippen LogP contribution in [-0.4, -0.2) is 25.5 Å². The topological polar surface area (TPSA) is 12.5 Å². The van der Waals surface area contributed by atoms with E-state index in [1.807, 2.05) is 6.07 Å². The molecule has 0 radical (unpaired) electrons. The summed E-state index contributed by atoms with van der Waals surface area (Å²) in [6.45, 7) is 1.65. The van der Waals surface area contributed by atoms with Gasteiger partial charge in [-0.15, -0.1) is 0 Å². The molecule has 0 amide bonds. The summed E-state index contributed by atoms with van der Waals surface area (Å²) in [5.41, 5.74) is 4.95. The van der Waals surface area contributed by atoms with E-state index in [2.05, 4.69) is 77.4 Å². The van der Waals surface area contributed by atoms with Crippen LogP contribution in [0.4, 0.5) is 0 Å². The molecule has 1 aliphatic heterocycles. The molecule has 0 unspecified atom stereocenters. The highest BCUT2D eigenvalue weighted by atomic mass is 79.9. The van der Waals surface area contributed by atoms with Crippen molar-refractivity contribution in [2.24, 2.45) is 0 Å². The third kappa shape index (κ3) is 3.11. The van der Waals surface area contributed by atoms with E-state index < -0.39 is 0 Å². The van der Waals surface area contributed by atoms with Gasteiger partial charge in [-0.1, -0.05) is 42.5 Å². The minimum atomic E-state index is 0.608. The Labute approximate surface area is 140 Å². The molecule has 2 aromatic rings. The van der Waals surface area contributed by atoms with Crippen LogP contribution in [0.1, 0.15) is 23.1 Å². The van der Waals surface area contributed by atoms with Crippen LogP contribution >= 0.6 is 15.9 Å². The van der Waals surface area contributed by atoms with E-state index in [9.17, 15) is 0 Å². The second-order valence-electron chi connectivity index (χ2n) is 5.77. The van der Waals surface area contributed by atoms with Crippen molar-refractivity contribution in [1.29, 1.82) is 0 Å². The number of halogens is 1. The molecule has 0 bridgehead atoms. The molecule has 2 aromatic carbocycles. The molecule has 1 heterocycles. The Hall–Kier alpha value is -1.58. The van der Waals surface area contributed by atoms with Crippen molar-refractivity contribution in [2.45, 2.75) is 13.0 Å². The molecule has 0 N–H and O–H groups in total. The second kappa shape index (κ2) is 6.67. The monoisotopic (exact) mass is 357 g/mol. The Bertz CT molecular complexity index is 706. The number of hydrogen-bond acceptors (Lipinski definition) is 2. The Morgan fingerprint density at radius 1 is 1.09 bits per heavy atom. The van der Waals surface area contributed by atoms with Crippen LogP contribution in [0, 0.1) is 0 Å². The highest BCUT2D eigenvalue weighted by Crippen LogP contribution is 2.40. The number of ether oxygens (including phenoxy) is 1. The van der Waals surface area contributed by atoms with Crippen molar-refractivity contribution in [2.75, 3.05) is 20.6 Å². The van der Waals surface area contributed by atoms with E-state index in [1.165, 1.54) is 16.7 Å². The lowest BCUT2D eigenvalue weighted by Crippen LogP contribution is -2.12. The number of nitrogens with zero attached hydrogens (tertiary/aromatic N) is 1. The number of hydrogen-bond donors (Lipinski definition) is 0. The molecule has 0 aliphatic carbocycles. The Balaban J connectivity index is 2.11. The average Bonchev–Trinajstić information content (AvgIpc) is 2.66. The summed E-state index contributed by atoms with van der Waals surface area (Å²) < 4.78 is 7.08. The third-order valence-electron chi connectivity index (χ3n) is 3.86. The van der Waals surface area contributed by atoms with E-state index >= 15 is 0 Å². The molecule has 2 nitrogen and oxygen atoms in total. The Morgan fingerprint density at radius 2 is 1.86 bits per heavy atom. The van der Waals surface area contributed by atoms with Gasteiger partial charge in [0, 0.05) is 12.1 Å². The summed E-state index contributed by atoms with van der Waals surface area (Å²) in [7, 11) is 4.21. The molecule has 0 saturated heterocycles. The molecular weight excluding hydrogens is 338 g/mol. The van der Waals surface area contributed by atoms with Crippen LogP contribution in [-0.2, 0) is 6.61 Å². The zero-order valence-electron chi connectivity index (χ0n) is 13.0. The lowest BCUT2D eigenvalue weighted by molar-refractivity contribution is 0.305. The lowest BCUT2D eigenvalue weighted by Gasteiger charge is -2.13. The Kier molecular flexibility index (Phi) is 4.65. The van der Waals surface area contributed by atoms with Crippen LogP contribution in [0.2, 0.25) is 0 Å². The minimum Gasteiger partial charge on any atom is -0.487 e. The quantitative estimate of drug-likeness (QED) is 0.787. The minimum absolute atomic E-state index is 0.608. The van der Waals surface area contributed by atoms with Gasteiger partial charge in [0.2, 0.25) is 0 Å². The van der Waals surface area contributed by atoms with E-state index in [0.717, 1.165) is 28.8 Å². The van der Waals surface area contributed by atoms with Crippen molar-refractivity contribution < 1.29 is 4.74 Å². The Morgan fingerprint density at radius 3 is 2.68 bits per heavy atom. The van der Waals surface area contributed by atoms with Crippen molar-refractivity contribution >= 4 is 21.5 Å². The van der Waals surface area contributed by atoms with Crippen LogP contribution in [0.25, 0.3) is 5.57 Å². The van der Waals surface area contributed by atoms with Crippen molar-refractivity contribution in [3.05, 3.63) is 69.7 Å². The van der Waals surface area contributed by atoms with E-state index in [1.54, 1.807) is 0 Å². The van der Waals surface area contributed by atoms with E-state index in [0.29, 0.717) is 6.61 Å². The fourth-order valence-electron chi connectivity index (χ4n) is 2.76. The SMILES string of the molecule is CN(C)CC/C=C1/c2ccccc2COc2c(Br)cccc21. The summed E-state index contributed by atoms with van der Waals surface area (Å²) >= 11 is 3.62. The maximum Gasteiger partial charge on any atom is 0.141 e. The standard InChI is InChI=1S/C19H20BrNO/c1-21(2)12-6-10-16-15-8-4-3-7-14(15)13-22-19-17(16)9-5-11-18(19)20/h3-5,7-11H,6,12-13H2,1-2H3/b16-10-. The molecule has 0 fully saturated rings. The van der Waals surface area contributed by atoms with Gasteiger partial charge in [-0.25, -0.2) is 0 Å². The van der Waals surface area contributed by atoms with Gasteiger partial charge in [-0.05, 0) is 59.2 Å². The van der Waals surface area contributed by atoms with Crippen LogP contribution in [0.15, 0.2) is 53.0 Å². The summed E-state index contributed by atoms with van der Waals surface area (Å²) in [6, 6.07) is 14.8. The fraction of sp³-hybridized carbons (Fsp3) is 0.263.